The van der Waals surface area contributed by atoms with E-state index in [0.29, 0.717) is 32.6 Å². The van der Waals surface area contributed by atoms with Gasteiger partial charge in [0, 0.05) is 72.0 Å². The lowest BCUT2D eigenvalue weighted by Crippen LogP contribution is -2.48. The van der Waals surface area contributed by atoms with Crippen LogP contribution in [0.25, 0.3) is 0 Å². The molecular weight excluding hydrogens is 410 g/mol. The van der Waals surface area contributed by atoms with Crippen LogP contribution in [0.1, 0.15) is 24.3 Å². The molecule has 0 bridgehead atoms. The van der Waals surface area contributed by atoms with Gasteiger partial charge in [-0.15, -0.1) is 0 Å². The van der Waals surface area contributed by atoms with E-state index in [1.807, 2.05) is 24.3 Å². The summed E-state index contributed by atoms with van der Waals surface area (Å²) in [4.78, 5) is 29.8. The van der Waals surface area contributed by atoms with Crippen LogP contribution in [0.2, 0.25) is 0 Å². The van der Waals surface area contributed by atoms with Crippen LogP contribution >= 0.6 is 0 Å². The molecule has 3 rings (SSSR count). The van der Waals surface area contributed by atoms with Gasteiger partial charge in [-0.1, -0.05) is 12.1 Å². The van der Waals surface area contributed by atoms with Crippen LogP contribution in [-0.4, -0.2) is 99.2 Å². The Hall–Kier alpha value is -2.26. The Labute approximate surface area is 190 Å². The Kier molecular flexibility index (Phi) is 9.67. The molecule has 8 nitrogen and oxygen atoms in total. The number of hydrogen-bond acceptors (Lipinski definition) is 8. The number of rotatable bonds is 11. The van der Waals surface area contributed by atoms with Crippen LogP contribution in [0.4, 0.5) is 0 Å². The normalized spacial score (nSPS) is 20.4. The predicted octanol–water partition coefficient (Wildman–Crippen LogP) is 0.811. The number of hydrogen-bond donors (Lipinski definition) is 2. The van der Waals surface area contributed by atoms with Crippen LogP contribution < -0.4 is 10.1 Å². The number of Topliss-reactive ketones (excluding diaryl/α,β-unsaturated/α-hetero) is 2. The van der Waals surface area contributed by atoms with Gasteiger partial charge in [-0.3, -0.25) is 19.4 Å². The van der Waals surface area contributed by atoms with Gasteiger partial charge in [-0.05, 0) is 23.6 Å². The van der Waals surface area contributed by atoms with Crippen molar-refractivity contribution in [3.8, 4) is 5.75 Å². The largest absolute Gasteiger partial charge is 0.491 e. The maximum Gasteiger partial charge on any atom is 0.168 e. The van der Waals surface area contributed by atoms with Gasteiger partial charge in [0.05, 0.1) is 18.8 Å². The molecular formula is C24H35N3O5. The van der Waals surface area contributed by atoms with E-state index in [9.17, 15) is 9.59 Å². The molecule has 32 heavy (non-hydrogen) atoms. The van der Waals surface area contributed by atoms with Crippen molar-refractivity contribution in [1.82, 2.24) is 15.1 Å². The molecule has 0 spiro atoms. The fraction of sp³-hybridized carbons (Fsp3) is 0.583. The summed E-state index contributed by atoms with van der Waals surface area (Å²) in [6, 6.07) is 7.61. The fourth-order valence-electron chi connectivity index (χ4n) is 4.15. The highest BCUT2D eigenvalue weighted by Gasteiger charge is 2.31. The van der Waals surface area contributed by atoms with Gasteiger partial charge >= 0.3 is 0 Å². The molecule has 2 fully saturated rings. The fourth-order valence-corrected chi connectivity index (χ4v) is 4.15. The standard InChI is InChI=1S/C24H35N3O5/c1-31-14-15-32-21-4-2-19(3-5-21)20-16-23(29)22(24(30)17-20)18-25-6-7-26-8-10-27(11-9-26)12-13-28/h2-5,18,20,25,28H,6-17H2,1H3. The summed E-state index contributed by atoms with van der Waals surface area (Å²) in [7, 11) is 1.63. The number of methoxy groups -OCH3 is 1. The van der Waals surface area contributed by atoms with Gasteiger partial charge in [-0.25, -0.2) is 0 Å². The van der Waals surface area contributed by atoms with Crippen molar-refractivity contribution in [3.63, 3.8) is 0 Å². The first-order chi connectivity index (χ1) is 15.6. The second-order valence-electron chi connectivity index (χ2n) is 8.28. The number of carbonyl (C=O) groups is 2. The molecule has 1 saturated heterocycles. The van der Waals surface area contributed by atoms with Crippen LogP contribution in [-0.2, 0) is 14.3 Å². The van der Waals surface area contributed by atoms with Gasteiger partial charge in [0.15, 0.2) is 11.6 Å². The highest BCUT2D eigenvalue weighted by molar-refractivity contribution is 6.22. The van der Waals surface area contributed by atoms with Crippen LogP contribution in [0, 0.1) is 0 Å². The highest BCUT2D eigenvalue weighted by Crippen LogP contribution is 2.32. The van der Waals surface area contributed by atoms with E-state index in [1.165, 1.54) is 0 Å². The van der Waals surface area contributed by atoms with E-state index < -0.39 is 0 Å². The number of nitrogens with one attached hydrogen (secondary N) is 1. The summed E-state index contributed by atoms with van der Waals surface area (Å²) in [6.45, 7) is 7.35. The second-order valence-corrected chi connectivity index (χ2v) is 8.28. The van der Waals surface area contributed by atoms with E-state index in [1.54, 1.807) is 13.3 Å². The SMILES string of the molecule is COCCOc1ccc(C2CC(=O)C(=CNCCN3CCN(CCO)CC3)C(=O)C2)cc1. The van der Waals surface area contributed by atoms with E-state index in [-0.39, 0.29) is 29.7 Å². The predicted molar refractivity (Wildman–Crippen MR) is 122 cm³/mol. The molecule has 1 aliphatic heterocycles. The summed E-state index contributed by atoms with van der Waals surface area (Å²) in [5, 5.41) is 12.2. The minimum Gasteiger partial charge on any atom is -0.491 e. The molecule has 1 aliphatic carbocycles. The topological polar surface area (TPSA) is 91.3 Å². The number of piperazine rings is 1. The first kappa shape index (κ1) is 24.4. The minimum atomic E-state index is -0.100. The number of benzene rings is 1. The molecule has 176 valence electrons. The van der Waals surface area contributed by atoms with Gasteiger partial charge in [0.25, 0.3) is 0 Å². The Morgan fingerprint density at radius 2 is 1.62 bits per heavy atom. The van der Waals surface area contributed by atoms with Crippen LogP contribution in [0.15, 0.2) is 36.0 Å². The average molecular weight is 446 g/mol. The number of ketones is 2. The molecule has 0 unspecified atom stereocenters. The first-order valence-electron chi connectivity index (χ1n) is 11.4. The number of β-amino-alcohol motifs (C(OH)–C–C–N with tert-alkyl or cyclic N) is 1. The van der Waals surface area contributed by atoms with E-state index in [4.69, 9.17) is 14.6 Å². The molecule has 1 heterocycles. The Bertz CT molecular complexity index is 752. The third-order valence-corrected chi connectivity index (χ3v) is 6.07. The molecule has 2 aliphatic rings. The number of ether oxygens (including phenoxy) is 2. The van der Waals surface area contributed by atoms with Crippen molar-refractivity contribution in [1.29, 1.82) is 0 Å². The zero-order valence-corrected chi connectivity index (χ0v) is 18.9. The zero-order valence-electron chi connectivity index (χ0n) is 18.9. The monoisotopic (exact) mass is 445 g/mol. The minimum absolute atomic E-state index is 0.0876. The summed E-state index contributed by atoms with van der Waals surface area (Å²) < 4.78 is 10.5. The maximum atomic E-state index is 12.6. The Morgan fingerprint density at radius 3 is 2.22 bits per heavy atom. The summed E-state index contributed by atoms with van der Waals surface area (Å²) in [5.74, 6) is 0.461. The number of allylic oxidation sites excluding steroid dienone is 1. The van der Waals surface area contributed by atoms with Crippen molar-refractivity contribution in [2.24, 2.45) is 0 Å². The third kappa shape index (κ3) is 7.13. The molecule has 0 amide bonds. The smallest absolute Gasteiger partial charge is 0.168 e. The van der Waals surface area contributed by atoms with Gasteiger partial charge in [0.1, 0.15) is 12.4 Å². The quantitative estimate of drug-likeness (QED) is 0.294. The molecule has 1 aromatic rings. The van der Waals surface area contributed by atoms with E-state index in [0.717, 1.165) is 50.6 Å². The van der Waals surface area contributed by atoms with Crippen LogP contribution in [0.5, 0.6) is 5.75 Å². The van der Waals surface area contributed by atoms with Crippen molar-refractivity contribution < 1.29 is 24.2 Å². The Morgan fingerprint density at radius 1 is 1.00 bits per heavy atom. The number of aliphatic hydroxyl groups is 1. The summed E-state index contributed by atoms with van der Waals surface area (Å²) >= 11 is 0. The van der Waals surface area contributed by atoms with Crippen molar-refractivity contribution >= 4 is 11.6 Å². The molecule has 0 radical (unpaired) electrons. The molecule has 8 heteroatoms. The number of nitrogens with zero attached hydrogens (tertiary/aromatic N) is 2. The van der Waals surface area contributed by atoms with Gasteiger partial charge in [0.2, 0.25) is 0 Å². The van der Waals surface area contributed by atoms with Crippen molar-refractivity contribution in [2.45, 2.75) is 18.8 Å². The highest BCUT2D eigenvalue weighted by atomic mass is 16.5. The van der Waals surface area contributed by atoms with Gasteiger partial charge < -0.3 is 19.9 Å². The van der Waals surface area contributed by atoms with Crippen molar-refractivity contribution in [3.05, 3.63) is 41.6 Å². The lowest BCUT2D eigenvalue weighted by molar-refractivity contribution is -0.124. The lowest BCUT2D eigenvalue weighted by atomic mass is 9.80. The van der Waals surface area contributed by atoms with Crippen molar-refractivity contribution in [2.75, 3.05) is 72.7 Å². The zero-order chi connectivity index (χ0) is 22.8. The Balaban J connectivity index is 1.43. The maximum absolute atomic E-state index is 12.6. The molecule has 2 N–H and O–H groups in total. The second kappa shape index (κ2) is 12.7. The summed E-state index contributed by atoms with van der Waals surface area (Å²) in [5.41, 5.74) is 1.27. The molecule has 1 aromatic carbocycles. The van der Waals surface area contributed by atoms with E-state index in [2.05, 4.69) is 15.1 Å². The molecule has 0 atom stereocenters. The number of aliphatic hydroxyl groups excluding tert-OH is 1. The molecule has 0 aromatic heterocycles. The van der Waals surface area contributed by atoms with Gasteiger partial charge in [-0.2, -0.15) is 0 Å². The first-order valence-corrected chi connectivity index (χ1v) is 11.4. The van der Waals surface area contributed by atoms with E-state index >= 15 is 0 Å². The molecule has 1 saturated carbocycles. The average Bonchev–Trinajstić information content (AvgIpc) is 2.80. The lowest BCUT2D eigenvalue weighted by Gasteiger charge is -2.34. The summed E-state index contributed by atoms with van der Waals surface area (Å²) in [6.07, 6.45) is 2.29. The number of carbonyl (C=O) groups excluding carboxylic acids is 2. The third-order valence-electron chi connectivity index (χ3n) is 6.07. The van der Waals surface area contributed by atoms with Crippen LogP contribution in [0.3, 0.4) is 0 Å².